The smallest absolute Gasteiger partial charge is 0.315 e. The number of hydrogen-bond donors (Lipinski definition) is 2. The molecule has 0 spiro atoms. The highest BCUT2D eigenvalue weighted by Gasteiger charge is 2.35. The number of piperidine rings is 1. The molecule has 158 valence electrons. The number of amides is 3. The topological polar surface area (TPSA) is 64.7 Å². The number of hydrogen-bond acceptors (Lipinski definition) is 3. The fraction of sp³-hybridized carbons (Fsp3) is 0.909. The molecule has 3 amide bonds. The molecule has 2 aliphatic carbocycles. The van der Waals surface area contributed by atoms with Crippen molar-refractivity contribution < 1.29 is 9.59 Å². The van der Waals surface area contributed by atoms with Crippen molar-refractivity contribution in [3.8, 4) is 0 Å². The van der Waals surface area contributed by atoms with Crippen molar-refractivity contribution >= 4 is 11.9 Å². The number of carbonyl (C=O) groups is 2. The van der Waals surface area contributed by atoms with Crippen molar-refractivity contribution in [2.75, 3.05) is 26.2 Å². The lowest BCUT2D eigenvalue weighted by atomic mass is 9.96. The summed E-state index contributed by atoms with van der Waals surface area (Å²) in [5.74, 6) is 0.715. The van der Waals surface area contributed by atoms with Gasteiger partial charge in [-0.05, 0) is 44.9 Å². The van der Waals surface area contributed by atoms with Crippen molar-refractivity contribution in [1.82, 2.24) is 20.4 Å². The van der Waals surface area contributed by atoms with Gasteiger partial charge in [0.05, 0.1) is 0 Å². The molecule has 1 unspecified atom stereocenters. The predicted molar refractivity (Wildman–Crippen MR) is 110 cm³/mol. The van der Waals surface area contributed by atoms with Crippen LogP contribution in [0.4, 0.5) is 4.79 Å². The summed E-state index contributed by atoms with van der Waals surface area (Å²) in [4.78, 5) is 29.6. The third-order valence-corrected chi connectivity index (χ3v) is 7.50. The molecule has 0 aromatic carbocycles. The molecule has 4 fully saturated rings. The number of nitrogens with one attached hydrogen (secondary N) is 2. The van der Waals surface area contributed by atoms with Gasteiger partial charge in [-0.1, -0.05) is 32.1 Å². The van der Waals surface area contributed by atoms with Gasteiger partial charge in [0.15, 0.2) is 0 Å². The van der Waals surface area contributed by atoms with Crippen LogP contribution in [-0.4, -0.2) is 66.0 Å². The van der Waals surface area contributed by atoms with E-state index in [1.54, 1.807) is 0 Å². The minimum atomic E-state index is 0.0274. The molecule has 1 atom stereocenters. The first-order valence-corrected chi connectivity index (χ1v) is 11.8. The summed E-state index contributed by atoms with van der Waals surface area (Å²) in [6.07, 6.45) is 13.8. The maximum Gasteiger partial charge on any atom is 0.315 e. The SMILES string of the molecule is O=C(NC1CCCCC1)NC1CCN(C2CCN(C(=O)C3CCCC3)C2)CC1. The number of carbonyl (C=O) groups excluding carboxylic acids is 2. The normalized spacial score (nSPS) is 28.6. The van der Waals surface area contributed by atoms with Crippen LogP contribution in [0, 0.1) is 5.92 Å². The molecule has 0 aromatic rings. The molecule has 4 aliphatic rings. The first kappa shape index (κ1) is 20.0. The Balaban J connectivity index is 1.16. The fourth-order valence-corrected chi connectivity index (χ4v) is 5.74. The first-order valence-electron chi connectivity index (χ1n) is 11.8. The van der Waals surface area contributed by atoms with Gasteiger partial charge in [-0.15, -0.1) is 0 Å². The third-order valence-electron chi connectivity index (χ3n) is 7.50. The molecule has 6 heteroatoms. The van der Waals surface area contributed by atoms with E-state index in [-0.39, 0.29) is 12.1 Å². The quantitative estimate of drug-likeness (QED) is 0.776. The Kier molecular flexibility index (Phi) is 6.76. The molecule has 2 heterocycles. The second kappa shape index (κ2) is 9.47. The molecule has 4 rings (SSSR count). The van der Waals surface area contributed by atoms with Gasteiger partial charge in [-0.25, -0.2) is 4.79 Å². The van der Waals surface area contributed by atoms with Crippen molar-refractivity contribution in [3.05, 3.63) is 0 Å². The van der Waals surface area contributed by atoms with E-state index in [1.807, 2.05) is 0 Å². The van der Waals surface area contributed by atoms with E-state index < -0.39 is 0 Å². The van der Waals surface area contributed by atoms with Gasteiger partial charge in [-0.2, -0.15) is 0 Å². The lowest BCUT2D eigenvalue weighted by Gasteiger charge is -2.36. The van der Waals surface area contributed by atoms with Crippen molar-refractivity contribution in [3.63, 3.8) is 0 Å². The van der Waals surface area contributed by atoms with Crippen LogP contribution in [0.15, 0.2) is 0 Å². The van der Waals surface area contributed by atoms with E-state index in [0.717, 1.165) is 71.1 Å². The predicted octanol–water partition coefficient (Wildman–Crippen LogP) is 2.87. The Bertz CT molecular complexity index is 535. The van der Waals surface area contributed by atoms with Crippen LogP contribution in [-0.2, 0) is 4.79 Å². The van der Waals surface area contributed by atoms with Gasteiger partial charge < -0.3 is 15.5 Å². The summed E-state index contributed by atoms with van der Waals surface area (Å²) in [7, 11) is 0. The number of rotatable bonds is 4. The van der Waals surface area contributed by atoms with Gasteiger partial charge in [0.25, 0.3) is 0 Å². The first-order chi connectivity index (χ1) is 13.7. The lowest BCUT2D eigenvalue weighted by molar-refractivity contribution is -0.134. The molecular weight excluding hydrogens is 352 g/mol. The van der Waals surface area contributed by atoms with Crippen molar-refractivity contribution in [2.45, 2.75) is 95.2 Å². The van der Waals surface area contributed by atoms with E-state index in [9.17, 15) is 9.59 Å². The van der Waals surface area contributed by atoms with Crippen LogP contribution in [0.3, 0.4) is 0 Å². The van der Waals surface area contributed by atoms with Gasteiger partial charge in [-0.3, -0.25) is 9.69 Å². The van der Waals surface area contributed by atoms with E-state index in [0.29, 0.717) is 23.9 Å². The molecule has 6 nitrogen and oxygen atoms in total. The van der Waals surface area contributed by atoms with Crippen LogP contribution in [0.2, 0.25) is 0 Å². The van der Waals surface area contributed by atoms with Crippen molar-refractivity contribution in [2.24, 2.45) is 5.92 Å². The van der Waals surface area contributed by atoms with E-state index >= 15 is 0 Å². The molecule has 0 radical (unpaired) electrons. The molecule has 28 heavy (non-hydrogen) atoms. The Morgan fingerprint density at radius 1 is 0.679 bits per heavy atom. The van der Waals surface area contributed by atoms with Crippen molar-refractivity contribution in [1.29, 1.82) is 0 Å². The zero-order chi connectivity index (χ0) is 19.3. The van der Waals surface area contributed by atoms with Crippen LogP contribution >= 0.6 is 0 Å². The lowest BCUT2D eigenvalue weighted by Crippen LogP contribution is -2.52. The summed E-state index contributed by atoms with van der Waals surface area (Å²) < 4.78 is 0. The monoisotopic (exact) mass is 390 g/mol. The van der Waals surface area contributed by atoms with Crippen LogP contribution in [0.25, 0.3) is 0 Å². The average Bonchev–Trinajstić information content (AvgIpc) is 3.41. The molecule has 2 N–H and O–H groups in total. The Labute approximate surface area is 169 Å². The highest BCUT2D eigenvalue weighted by molar-refractivity contribution is 5.79. The Hall–Kier alpha value is -1.30. The van der Waals surface area contributed by atoms with Gasteiger partial charge in [0.2, 0.25) is 5.91 Å². The number of urea groups is 1. The highest BCUT2D eigenvalue weighted by atomic mass is 16.2. The summed E-state index contributed by atoms with van der Waals surface area (Å²) in [6.45, 7) is 3.91. The molecule has 2 aliphatic heterocycles. The minimum Gasteiger partial charge on any atom is -0.341 e. The zero-order valence-electron chi connectivity index (χ0n) is 17.3. The standard InChI is InChI=1S/C22H38N4O2/c27-21(17-6-4-5-7-17)26-15-12-20(16-26)25-13-10-19(11-14-25)24-22(28)23-18-8-2-1-3-9-18/h17-20H,1-16H2,(H2,23,24,28). The summed E-state index contributed by atoms with van der Waals surface area (Å²) in [5, 5.41) is 6.37. The average molecular weight is 391 g/mol. The maximum absolute atomic E-state index is 12.7. The second-order valence-electron chi connectivity index (χ2n) is 9.47. The summed E-state index contributed by atoms with van der Waals surface area (Å²) >= 11 is 0. The Morgan fingerprint density at radius 2 is 1.29 bits per heavy atom. The van der Waals surface area contributed by atoms with Gasteiger partial charge >= 0.3 is 6.03 Å². The Morgan fingerprint density at radius 3 is 1.96 bits per heavy atom. The second-order valence-corrected chi connectivity index (χ2v) is 9.47. The fourth-order valence-electron chi connectivity index (χ4n) is 5.74. The van der Waals surface area contributed by atoms with Crippen LogP contribution in [0.5, 0.6) is 0 Å². The zero-order valence-corrected chi connectivity index (χ0v) is 17.3. The van der Waals surface area contributed by atoms with E-state index in [1.165, 1.54) is 32.1 Å². The minimum absolute atomic E-state index is 0.0274. The summed E-state index contributed by atoms with van der Waals surface area (Å²) in [5.41, 5.74) is 0. The van der Waals surface area contributed by atoms with Crippen LogP contribution in [0.1, 0.15) is 77.0 Å². The van der Waals surface area contributed by atoms with E-state index in [2.05, 4.69) is 20.4 Å². The van der Waals surface area contributed by atoms with Crippen LogP contribution < -0.4 is 10.6 Å². The van der Waals surface area contributed by atoms with Gasteiger partial charge in [0.1, 0.15) is 0 Å². The molecule has 2 saturated carbocycles. The maximum atomic E-state index is 12.7. The molecular formula is C22H38N4O2. The summed E-state index contributed by atoms with van der Waals surface area (Å²) in [6, 6.07) is 1.20. The molecule has 2 saturated heterocycles. The number of nitrogens with zero attached hydrogens (tertiary/aromatic N) is 2. The largest absolute Gasteiger partial charge is 0.341 e. The third kappa shape index (κ3) is 5.00. The van der Waals surface area contributed by atoms with E-state index in [4.69, 9.17) is 0 Å². The number of likely N-dealkylation sites (tertiary alicyclic amines) is 2. The molecule has 0 aromatic heterocycles. The highest BCUT2D eigenvalue weighted by Crippen LogP contribution is 2.29. The molecule has 0 bridgehead atoms. The van der Waals surface area contributed by atoms with Gasteiger partial charge in [0, 0.05) is 50.2 Å².